The zero-order chi connectivity index (χ0) is 17.3. The zero-order valence-corrected chi connectivity index (χ0v) is 14.1. The van der Waals surface area contributed by atoms with E-state index in [0.717, 1.165) is 32.6 Å². The Balaban J connectivity index is 1.97. The van der Waals surface area contributed by atoms with Gasteiger partial charge in [-0.15, -0.1) is 0 Å². The Bertz CT molecular complexity index is 502. The van der Waals surface area contributed by atoms with Gasteiger partial charge in [0.1, 0.15) is 0 Å². The molecule has 0 bridgehead atoms. The van der Waals surface area contributed by atoms with E-state index in [1.54, 1.807) is 0 Å². The van der Waals surface area contributed by atoms with Crippen molar-refractivity contribution < 1.29 is 26.7 Å². The summed E-state index contributed by atoms with van der Waals surface area (Å²) in [6, 6.07) is -0.0475. The minimum atomic E-state index is -4.74. The van der Waals surface area contributed by atoms with Crippen LogP contribution in [0.25, 0.3) is 0 Å². The van der Waals surface area contributed by atoms with Crippen LogP contribution < -0.4 is 4.72 Å². The average Bonchev–Trinajstić information content (AvgIpc) is 2.89. The van der Waals surface area contributed by atoms with Gasteiger partial charge in [-0.25, -0.2) is 13.1 Å². The van der Waals surface area contributed by atoms with Crippen molar-refractivity contribution in [2.45, 2.75) is 68.5 Å². The molecule has 0 aromatic carbocycles. The number of hydrogen-bond donors (Lipinski definition) is 2. The highest BCUT2D eigenvalue weighted by molar-refractivity contribution is 7.90. The summed E-state index contributed by atoms with van der Waals surface area (Å²) in [6.45, 7) is 0.504. The van der Waals surface area contributed by atoms with E-state index < -0.39 is 33.6 Å². The Labute approximate surface area is 135 Å². The van der Waals surface area contributed by atoms with Crippen molar-refractivity contribution in [1.82, 2.24) is 9.62 Å². The third kappa shape index (κ3) is 4.80. The molecule has 1 aliphatic carbocycles. The van der Waals surface area contributed by atoms with E-state index in [0.29, 0.717) is 19.4 Å². The summed E-state index contributed by atoms with van der Waals surface area (Å²) in [7, 11) is -3.55. The lowest BCUT2D eigenvalue weighted by molar-refractivity contribution is -0.257. The van der Waals surface area contributed by atoms with Crippen LogP contribution in [-0.2, 0) is 10.0 Å². The topological polar surface area (TPSA) is 69.6 Å². The first-order valence-corrected chi connectivity index (χ1v) is 9.58. The van der Waals surface area contributed by atoms with E-state index in [4.69, 9.17) is 0 Å². The van der Waals surface area contributed by atoms with Crippen LogP contribution in [0.15, 0.2) is 0 Å². The molecule has 2 N–H and O–H groups in total. The highest BCUT2D eigenvalue weighted by atomic mass is 32.2. The summed E-state index contributed by atoms with van der Waals surface area (Å²) in [6.07, 6.45) is -0.161. The molecule has 2 rings (SSSR count). The van der Waals surface area contributed by atoms with Crippen LogP contribution in [0.4, 0.5) is 13.2 Å². The fourth-order valence-corrected chi connectivity index (χ4v) is 5.08. The van der Waals surface area contributed by atoms with Gasteiger partial charge in [0.25, 0.3) is 0 Å². The fraction of sp³-hybridized carbons (Fsp3) is 1.00. The second-order valence-electron chi connectivity index (χ2n) is 6.92. The second kappa shape index (κ2) is 6.85. The molecular weight excluding hydrogens is 333 g/mol. The summed E-state index contributed by atoms with van der Waals surface area (Å²) < 4.78 is 65.9. The van der Waals surface area contributed by atoms with Crippen molar-refractivity contribution in [2.24, 2.45) is 0 Å². The first-order chi connectivity index (χ1) is 10.5. The molecule has 136 valence electrons. The monoisotopic (exact) mass is 358 g/mol. The van der Waals surface area contributed by atoms with Crippen molar-refractivity contribution >= 4 is 10.0 Å². The van der Waals surface area contributed by atoms with E-state index in [1.807, 2.05) is 0 Å². The number of halogens is 3. The number of nitrogens with zero attached hydrogens (tertiary/aromatic N) is 1. The molecule has 2 atom stereocenters. The number of rotatable bonds is 5. The van der Waals surface area contributed by atoms with Crippen LogP contribution in [0.2, 0.25) is 0 Å². The maximum atomic E-state index is 12.8. The Morgan fingerprint density at radius 2 is 1.78 bits per heavy atom. The molecule has 1 saturated carbocycles. The van der Waals surface area contributed by atoms with Crippen molar-refractivity contribution in [3.05, 3.63) is 0 Å². The number of sulfonamides is 1. The molecule has 2 aliphatic rings. The van der Waals surface area contributed by atoms with Gasteiger partial charge in [-0.1, -0.05) is 12.8 Å². The van der Waals surface area contributed by atoms with Crippen molar-refractivity contribution in [3.8, 4) is 0 Å². The van der Waals surface area contributed by atoms with Gasteiger partial charge < -0.3 is 5.11 Å². The largest absolute Gasteiger partial charge is 0.418 e. The molecule has 0 radical (unpaired) electrons. The molecule has 1 heterocycles. The van der Waals surface area contributed by atoms with E-state index in [9.17, 15) is 26.7 Å². The predicted octanol–water partition coefficient (Wildman–Crippen LogP) is 1.63. The Morgan fingerprint density at radius 3 is 2.35 bits per heavy atom. The highest BCUT2D eigenvalue weighted by Crippen LogP contribution is 2.32. The molecule has 0 aromatic rings. The molecule has 0 aromatic heterocycles. The van der Waals surface area contributed by atoms with Gasteiger partial charge in [0.15, 0.2) is 5.60 Å². The van der Waals surface area contributed by atoms with E-state index in [-0.39, 0.29) is 12.6 Å². The van der Waals surface area contributed by atoms with Crippen LogP contribution in [0.5, 0.6) is 0 Å². The minimum absolute atomic E-state index is 0.0221. The van der Waals surface area contributed by atoms with Gasteiger partial charge in [-0.05, 0) is 39.2 Å². The third-order valence-electron chi connectivity index (χ3n) is 4.73. The van der Waals surface area contributed by atoms with Crippen LogP contribution >= 0.6 is 0 Å². The normalized spacial score (nSPS) is 28.0. The maximum Gasteiger partial charge on any atom is 0.418 e. The smallest absolute Gasteiger partial charge is 0.380 e. The Morgan fingerprint density at radius 1 is 1.17 bits per heavy atom. The molecule has 2 unspecified atom stereocenters. The Hall–Kier alpha value is -0.380. The van der Waals surface area contributed by atoms with E-state index >= 15 is 0 Å². The summed E-state index contributed by atoms with van der Waals surface area (Å²) in [5.41, 5.74) is -2.84. The molecule has 5 nitrogen and oxygen atoms in total. The molecule has 9 heteroatoms. The number of alkyl halides is 3. The Kier molecular flexibility index (Phi) is 5.65. The molecule has 0 amide bonds. The number of β-amino-alcohol motifs (C(OH)–C–C–N with tert-alkyl or cyclic N) is 1. The average molecular weight is 358 g/mol. The number of piperidine rings is 1. The van der Waals surface area contributed by atoms with Gasteiger partial charge in [0, 0.05) is 19.1 Å². The lowest BCUT2D eigenvalue weighted by Crippen LogP contribution is -2.55. The van der Waals surface area contributed by atoms with Crippen molar-refractivity contribution in [3.63, 3.8) is 0 Å². The summed E-state index contributed by atoms with van der Waals surface area (Å²) >= 11 is 0. The quantitative estimate of drug-likeness (QED) is 0.784. The van der Waals surface area contributed by atoms with Crippen molar-refractivity contribution in [1.29, 1.82) is 0 Å². The zero-order valence-electron chi connectivity index (χ0n) is 13.3. The van der Waals surface area contributed by atoms with Gasteiger partial charge in [-0.2, -0.15) is 13.2 Å². The number of likely N-dealkylation sites (tertiary alicyclic amines) is 1. The lowest BCUT2D eigenvalue weighted by atomic mass is 10.0. The van der Waals surface area contributed by atoms with Gasteiger partial charge in [0.05, 0.1) is 5.25 Å². The second-order valence-corrected chi connectivity index (χ2v) is 8.91. The number of nitrogens with one attached hydrogen (secondary N) is 1. The van der Waals surface area contributed by atoms with Crippen LogP contribution in [0.3, 0.4) is 0 Å². The molecule has 0 spiro atoms. The van der Waals surface area contributed by atoms with Crippen LogP contribution in [-0.4, -0.2) is 61.1 Å². The lowest BCUT2D eigenvalue weighted by Gasteiger charge is -2.37. The highest BCUT2D eigenvalue weighted by Gasteiger charge is 2.51. The van der Waals surface area contributed by atoms with E-state index in [2.05, 4.69) is 4.72 Å². The standard InChI is InChI=1S/C14H25F3N2O3S/c1-13(20,14(15,16)17)10-19-8-4-7-12(9-19)23(21,22)18-11-5-2-3-6-11/h11-12,18,20H,2-10H2,1H3. The summed E-state index contributed by atoms with van der Waals surface area (Å²) in [5, 5.41) is 8.87. The molecule has 1 saturated heterocycles. The number of aliphatic hydroxyl groups is 1. The van der Waals surface area contributed by atoms with Gasteiger partial charge >= 0.3 is 6.18 Å². The van der Waals surface area contributed by atoms with Crippen LogP contribution in [0, 0.1) is 0 Å². The maximum absolute atomic E-state index is 12.8. The van der Waals surface area contributed by atoms with Crippen LogP contribution in [0.1, 0.15) is 45.4 Å². The first kappa shape index (κ1) is 19.0. The molecule has 2 fully saturated rings. The molecule has 23 heavy (non-hydrogen) atoms. The van der Waals surface area contributed by atoms with Gasteiger partial charge in [0.2, 0.25) is 10.0 Å². The predicted molar refractivity (Wildman–Crippen MR) is 80.5 cm³/mol. The third-order valence-corrected chi connectivity index (χ3v) is 6.65. The van der Waals surface area contributed by atoms with E-state index in [1.165, 1.54) is 4.90 Å². The molecular formula is C14H25F3N2O3S. The SMILES string of the molecule is CC(O)(CN1CCCC(S(=O)(=O)NC2CCCC2)C1)C(F)(F)F. The van der Waals surface area contributed by atoms with Crippen molar-refractivity contribution in [2.75, 3.05) is 19.6 Å². The first-order valence-electron chi connectivity index (χ1n) is 8.04. The minimum Gasteiger partial charge on any atom is -0.380 e. The number of hydrogen-bond acceptors (Lipinski definition) is 4. The molecule has 1 aliphatic heterocycles. The fourth-order valence-electron chi connectivity index (χ4n) is 3.31. The van der Waals surface area contributed by atoms with Gasteiger partial charge in [-0.3, -0.25) is 4.90 Å². The summed E-state index contributed by atoms with van der Waals surface area (Å²) in [4.78, 5) is 1.40. The summed E-state index contributed by atoms with van der Waals surface area (Å²) in [5.74, 6) is 0.